The maximum atomic E-state index is 11.0. The number of methoxy groups -OCH3 is 1. The number of hydrogen-bond donors (Lipinski definition) is 2. The van der Waals surface area contributed by atoms with Gasteiger partial charge in [-0.15, -0.1) is 0 Å². The minimum atomic E-state index is -0.972. The van der Waals surface area contributed by atoms with E-state index in [0.29, 0.717) is 12.4 Å². The van der Waals surface area contributed by atoms with Gasteiger partial charge in [0.25, 0.3) is 0 Å². The number of pyridine rings is 1. The summed E-state index contributed by atoms with van der Waals surface area (Å²) in [6, 6.07) is 3.15. The van der Waals surface area contributed by atoms with E-state index in [9.17, 15) is 4.79 Å². The first kappa shape index (κ1) is 11.9. The molecule has 0 aliphatic heterocycles. The first-order chi connectivity index (χ1) is 8.17. The predicted octanol–water partition coefficient (Wildman–Crippen LogP) is 1.76. The van der Waals surface area contributed by atoms with Gasteiger partial charge in [0.2, 0.25) is 0 Å². The van der Waals surface area contributed by atoms with Crippen LogP contribution in [0.1, 0.15) is 29.6 Å². The monoisotopic (exact) mass is 236 g/mol. The van der Waals surface area contributed by atoms with Crippen molar-refractivity contribution in [1.29, 1.82) is 0 Å². The summed E-state index contributed by atoms with van der Waals surface area (Å²) in [5.41, 5.74) is 0.0471. The molecule has 1 aliphatic carbocycles. The first-order valence-corrected chi connectivity index (χ1v) is 5.64. The SMILES string of the molecule is COC1(CNc2ncccc2C(=O)O)CCC1. The van der Waals surface area contributed by atoms with Gasteiger partial charge in [-0.25, -0.2) is 9.78 Å². The molecule has 92 valence electrons. The fourth-order valence-corrected chi connectivity index (χ4v) is 1.99. The van der Waals surface area contributed by atoms with Gasteiger partial charge in [0, 0.05) is 19.9 Å². The number of rotatable bonds is 5. The van der Waals surface area contributed by atoms with E-state index in [1.165, 1.54) is 6.07 Å². The zero-order valence-electron chi connectivity index (χ0n) is 9.77. The standard InChI is InChI=1S/C12H16N2O3/c1-17-12(5-3-6-12)8-14-10-9(11(15)16)4-2-7-13-10/h2,4,7H,3,5-6,8H2,1H3,(H,13,14)(H,15,16). The second kappa shape index (κ2) is 4.71. The van der Waals surface area contributed by atoms with Crippen LogP contribution in [0.5, 0.6) is 0 Å². The maximum absolute atomic E-state index is 11.0. The molecule has 1 fully saturated rings. The molecular formula is C12H16N2O3. The van der Waals surface area contributed by atoms with E-state index >= 15 is 0 Å². The highest BCUT2D eigenvalue weighted by atomic mass is 16.5. The third kappa shape index (κ3) is 2.39. The second-order valence-electron chi connectivity index (χ2n) is 4.30. The molecule has 1 aliphatic rings. The minimum absolute atomic E-state index is 0.146. The average Bonchev–Trinajstić information content (AvgIpc) is 2.28. The number of carboxylic acid groups (broad SMARTS) is 1. The van der Waals surface area contributed by atoms with Gasteiger partial charge in [-0.2, -0.15) is 0 Å². The summed E-state index contributed by atoms with van der Waals surface area (Å²) < 4.78 is 5.46. The Bertz CT molecular complexity index is 410. The van der Waals surface area contributed by atoms with Crippen LogP contribution in [-0.2, 0) is 4.74 Å². The van der Waals surface area contributed by atoms with Crippen molar-refractivity contribution in [3.8, 4) is 0 Å². The van der Waals surface area contributed by atoms with Crippen LogP contribution in [0, 0.1) is 0 Å². The van der Waals surface area contributed by atoms with Crippen LogP contribution < -0.4 is 5.32 Å². The summed E-state index contributed by atoms with van der Waals surface area (Å²) in [5.74, 6) is -0.566. The summed E-state index contributed by atoms with van der Waals surface area (Å²) in [7, 11) is 1.69. The van der Waals surface area contributed by atoms with E-state index < -0.39 is 5.97 Å². The summed E-state index contributed by atoms with van der Waals surface area (Å²) in [6.45, 7) is 0.598. The molecule has 1 aromatic heterocycles. The Kier molecular flexibility index (Phi) is 3.28. The van der Waals surface area contributed by atoms with Crippen molar-refractivity contribution in [1.82, 2.24) is 4.98 Å². The van der Waals surface area contributed by atoms with Gasteiger partial charge in [0.1, 0.15) is 11.4 Å². The van der Waals surface area contributed by atoms with Crippen LogP contribution in [-0.4, -0.2) is 35.3 Å². The maximum Gasteiger partial charge on any atom is 0.339 e. The minimum Gasteiger partial charge on any atom is -0.478 e. The molecule has 0 unspecified atom stereocenters. The van der Waals surface area contributed by atoms with Gasteiger partial charge in [0.15, 0.2) is 0 Å². The Hall–Kier alpha value is -1.62. The van der Waals surface area contributed by atoms with E-state index in [-0.39, 0.29) is 11.2 Å². The molecule has 1 aromatic rings. The van der Waals surface area contributed by atoms with Crippen LogP contribution in [0.3, 0.4) is 0 Å². The van der Waals surface area contributed by atoms with Crippen LogP contribution in [0.2, 0.25) is 0 Å². The summed E-state index contributed by atoms with van der Waals surface area (Å²) in [5, 5.41) is 12.1. The number of anilines is 1. The van der Waals surface area contributed by atoms with Crippen molar-refractivity contribution >= 4 is 11.8 Å². The predicted molar refractivity (Wildman–Crippen MR) is 63.3 cm³/mol. The lowest BCUT2D eigenvalue weighted by Crippen LogP contribution is -2.45. The van der Waals surface area contributed by atoms with E-state index in [4.69, 9.17) is 9.84 Å². The highest BCUT2D eigenvalue weighted by molar-refractivity contribution is 5.92. The van der Waals surface area contributed by atoms with Crippen LogP contribution in [0.4, 0.5) is 5.82 Å². The largest absolute Gasteiger partial charge is 0.478 e. The smallest absolute Gasteiger partial charge is 0.339 e. The average molecular weight is 236 g/mol. The Balaban J connectivity index is 2.06. The van der Waals surface area contributed by atoms with Crippen LogP contribution in [0.15, 0.2) is 18.3 Å². The third-order valence-corrected chi connectivity index (χ3v) is 3.31. The van der Waals surface area contributed by atoms with E-state index in [1.807, 2.05) is 0 Å². The number of nitrogens with zero attached hydrogens (tertiary/aromatic N) is 1. The Morgan fingerprint density at radius 3 is 2.94 bits per heavy atom. The molecule has 0 aromatic carbocycles. The lowest BCUT2D eigenvalue weighted by Gasteiger charge is -2.40. The number of ether oxygens (including phenoxy) is 1. The van der Waals surface area contributed by atoms with Crippen molar-refractivity contribution in [2.24, 2.45) is 0 Å². The fraction of sp³-hybridized carbons (Fsp3) is 0.500. The van der Waals surface area contributed by atoms with Crippen molar-refractivity contribution in [3.05, 3.63) is 23.9 Å². The molecule has 0 saturated heterocycles. The number of aromatic nitrogens is 1. The third-order valence-electron chi connectivity index (χ3n) is 3.31. The number of aromatic carboxylic acids is 1. The zero-order valence-corrected chi connectivity index (χ0v) is 9.77. The molecule has 0 spiro atoms. The Morgan fingerprint density at radius 1 is 1.65 bits per heavy atom. The van der Waals surface area contributed by atoms with E-state index in [1.54, 1.807) is 19.4 Å². The first-order valence-electron chi connectivity index (χ1n) is 5.64. The Morgan fingerprint density at radius 2 is 2.41 bits per heavy atom. The van der Waals surface area contributed by atoms with Gasteiger partial charge < -0.3 is 15.2 Å². The molecule has 0 amide bonds. The zero-order chi connectivity index (χ0) is 12.3. The highest BCUT2D eigenvalue weighted by Crippen LogP contribution is 2.35. The van der Waals surface area contributed by atoms with Crippen molar-refractivity contribution in [3.63, 3.8) is 0 Å². The van der Waals surface area contributed by atoms with Gasteiger partial charge >= 0.3 is 5.97 Å². The number of carbonyl (C=O) groups is 1. The number of carboxylic acids is 1. The van der Waals surface area contributed by atoms with E-state index in [0.717, 1.165) is 19.3 Å². The van der Waals surface area contributed by atoms with Gasteiger partial charge in [-0.1, -0.05) is 0 Å². The number of hydrogen-bond acceptors (Lipinski definition) is 4. The number of nitrogens with one attached hydrogen (secondary N) is 1. The molecule has 2 rings (SSSR count). The van der Waals surface area contributed by atoms with E-state index in [2.05, 4.69) is 10.3 Å². The fourth-order valence-electron chi connectivity index (χ4n) is 1.99. The molecule has 2 N–H and O–H groups in total. The van der Waals surface area contributed by atoms with Crippen molar-refractivity contribution < 1.29 is 14.6 Å². The van der Waals surface area contributed by atoms with Crippen molar-refractivity contribution in [2.75, 3.05) is 19.0 Å². The lowest BCUT2D eigenvalue weighted by molar-refractivity contribution is -0.0601. The topological polar surface area (TPSA) is 71.5 Å². The molecule has 1 heterocycles. The van der Waals surface area contributed by atoms with Gasteiger partial charge in [0.05, 0.1) is 5.60 Å². The molecule has 0 bridgehead atoms. The summed E-state index contributed by atoms with van der Waals surface area (Å²) in [4.78, 5) is 15.0. The lowest BCUT2D eigenvalue weighted by atomic mass is 9.80. The Labute approximate surface area is 99.8 Å². The molecule has 1 saturated carbocycles. The quantitative estimate of drug-likeness (QED) is 0.815. The highest BCUT2D eigenvalue weighted by Gasteiger charge is 2.37. The normalized spacial score (nSPS) is 17.2. The van der Waals surface area contributed by atoms with Gasteiger partial charge in [-0.3, -0.25) is 0 Å². The van der Waals surface area contributed by atoms with Crippen LogP contribution >= 0.6 is 0 Å². The molecule has 0 radical (unpaired) electrons. The summed E-state index contributed by atoms with van der Waals surface area (Å²) in [6.07, 6.45) is 4.75. The molecule has 5 heteroatoms. The molecular weight excluding hydrogens is 220 g/mol. The summed E-state index contributed by atoms with van der Waals surface area (Å²) >= 11 is 0. The van der Waals surface area contributed by atoms with Crippen molar-refractivity contribution in [2.45, 2.75) is 24.9 Å². The molecule has 5 nitrogen and oxygen atoms in total. The second-order valence-corrected chi connectivity index (χ2v) is 4.30. The molecule has 17 heavy (non-hydrogen) atoms. The van der Waals surface area contributed by atoms with Gasteiger partial charge in [-0.05, 0) is 31.4 Å². The van der Waals surface area contributed by atoms with Crippen LogP contribution in [0.25, 0.3) is 0 Å². The molecule has 0 atom stereocenters.